The van der Waals surface area contributed by atoms with Gasteiger partial charge in [0, 0.05) is 12.6 Å². The molecule has 0 fully saturated rings. The maximum atomic E-state index is 11.9. The molecule has 0 aromatic carbocycles. The number of carbonyl (C=O) groups excluding carboxylic acids is 1. The Morgan fingerprint density at radius 3 is 2.33 bits per heavy atom. The van der Waals surface area contributed by atoms with Crippen molar-refractivity contribution in [3.63, 3.8) is 0 Å². The molecule has 0 aromatic heterocycles. The number of carbonyl (C=O) groups is 1. The zero-order chi connectivity index (χ0) is 14.3. The second kappa shape index (κ2) is 7.74. The highest BCUT2D eigenvalue weighted by atomic mass is 16.5. The molecule has 108 valence electrons. The van der Waals surface area contributed by atoms with Crippen molar-refractivity contribution in [3.05, 3.63) is 0 Å². The van der Waals surface area contributed by atoms with Gasteiger partial charge in [0.05, 0.1) is 6.61 Å². The smallest absolute Gasteiger partial charge is 0.326 e. The zero-order valence-corrected chi connectivity index (χ0v) is 13.0. The average molecular weight is 258 g/mol. The fourth-order valence-corrected chi connectivity index (χ4v) is 1.73. The molecule has 2 unspecified atom stereocenters. The predicted molar refractivity (Wildman–Crippen MR) is 75.6 cm³/mol. The van der Waals surface area contributed by atoms with Crippen LogP contribution < -0.4 is 5.32 Å². The van der Waals surface area contributed by atoms with Crippen LogP contribution in [0.4, 0.5) is 0 Å². The largest absolute Gasteiger partial charge is 0.465 e. The third-order valence-corrected chi connectivity index (χ3v) is 3.90. The first-order valence-electron chi connectivity index (χ1n) is 6.84. The number of nitrogens with zero attached hydrogens (tertiary/aromatic N) is 1. The highest BCUT2D eigenvalue weighted by Gasteiger charge is 2.33. The molecule has 0 radical (unpaired) electrons. The molecule has 4 nitrogen and oxygen atoms in total. The van der Waals surface area contributed by atoms with E-state index in [1.54, 1.807) is 0 Å². The molecule has 0 saturated carbocycles. The van der Waals surface area contributed by atoms with Gasteiger partial charge in [-0.2, -0.15) is 0 Å². The van der Waals surface area contributed by atoms with Crippen molar-refractivity contribution in [1.29, 1.82) is 0 Å². The van der Waals surface area contributed by atoms with Crippen molar-refractivity contribution in [2.24, 2.45) is 5.92 Å². The van der Waals surface area contributed by atoms with Gasteiger partial charge in [-0.15, -0.1) is 0 Å². The fraction of sp³-hybridized carbons (Fsp3) is 0.929. The first-order chi connectivity index (χ1) is 8.28. The van der Waals surface area contributed by atoms with E-state index < -0.39 is 5.54 Å². The van der Waals surface area contributed by atoms with E-state index in [2.05, 4.69) is 38.0 Å². The Morgan fingerprint density at radius 1 is 1.39 bits per heavy atom. The molecule has 0 amide bonds. The van der Waals surface area contributed by atoms with E-state index in [4.69, 9.17) is 4.74 Å². The van der Waals surface area contributed by atoms with Gasteiger partial charge in [0.25, 0.3) is 0 Å². The minimum atomic E-state index is -0.596. The van der Waals surface area contributed by atoms with Crippen LogP contribution in [0.3, 0.4) is 0 Å². The molecule has 4 heteroatoms. The van der Waals surface area contributed by atoms with E-state index in [1.165, 1.54) is 0 Å². The van der Waals surface area contributed by atoms with E-state index in [-0.39, 0.29) is 5.97 Å². The predicted octanol–water partition coefficient (Wildman–Crippen LogP) is 1.89. The van der Waals surface area contributed by atoms with Gasteiger partial charge in [0.15, 0.2) is 0 Å². The Kier molecular flexibility index (Phi) is 7.48. The molecule has 0 aliphatic carbocycles. The number of ether oxygens (including phenoxy) is 1. The van der Waals surface area contributed by atoms with Crippen LogP contribution in [0, 0.1) is 5.92 Å². The maximum Gasteiger partial charge on any atom is 0.326 e. The van der Waals surface area contributed by atoms with Gasteiger partial charge in [-0.05, 0) is 47.2 Å². The summed E-state index contributed by atoms with van der Waals surface area (Å²) in [6, 6.07) is 0.508. The van der Waals surface area contributed by atoms with E-state index in [0.29, 0.717) is 18.6 Å². The first-order valence-corrected chi connectivity index (χ1v) is 6.84. The Morgan fingerprint density at radius 2 is 1.94 bits per heavy atom. The van der Waals surface area contributed by atoms with Crippen LogP contribution in [-0.2, 0) is 9.53 Å². The lowest BCUT2D eigenvalue weighted by Crippen LogP contribution is -2.51. The Labute approximate surface area is 112 Å². The van der Waals surface area contributed by atoms with E-state index >= 15 is 0 Å². The van der Waals surface area contributed by atoms with Crippen molar-refractivity contribution in [2.45, 2.75) is 52.6 Å². The van der Waals surface area contributed by atoms with E-state index in [1.807, 2.05) is 20.9 Å². The lowest BCUT2D eigenvalue weighted by Gasteiger charge is -2.32. The van der Waals surface area contributed by atoms with E-state index in [0.717, 1.165) is 13.0 Å². The number of rotatable bonds is 8. The molecular weight excluding hydrogens is 228 g/mol. The SMILES string of the molecule is CCOC(=O)C(C)(CCN(C)C(C)C(C)C)NC. The monoisotopic (exact) mass is 258 g/mol. The fourth-order valence-electron chi connectivity index (χ4n) is 1.73. The topological polar surface area (TPSA) is 41.6 Å². The number of hydrogen-bond donors (Lipinski definition) is 1. The van der Waals surface area contributed by atoms with E-state index in [9.17, 15) is 4.79 Å². The van der Waals surface area contributed by atoms with Crippen molar-refractivity contribution >= 4 is 5.97 Å². The third kappa shape index (κ3) is 4.94. The van der Waals surface area contributed by atoms with Crippen molar-refractivity contribution in [1.82, 2.24) is 10.2 Å². The molecular formula is C14H30N2O2. The standard InChI is InChI=1S/C14H30N2O2/c1-8-18-13(17)14(5,15-6)9-10-16(7)12(4)11(2)3/h11-12,15H,8-10H2,1-7H3. The molecule has 0 heterocycles. The van der Waals surface area contributed by atoms with Gasteiger partial charge in [0.2, 0.25) is 0 Å². The van der Waals surface area contributed by atoms with Crippen LogP contribution in [0.1, 0.15) is 41.0 Å². The molecule has 0 aromatic rings. The minimum Gasteiger partial charge on any atom is -0.465 e. The molecule has 1 N–H and O–H groups in total. The molecule has 0 rings (SSSR count). The second-order valence-electron chi connectivity index (χ2n) is 5.52. The van der Waals surface area contributed by atoms with Crippen LogP contribution in [0.15, 0.2) is 0 Å². The molecule has 0 spiro atoms. The van der Waals surface area contributed by atoms with Gasteiger partial charge < -0.3 is 15.0 Å². The molecule has 0 bridgehead atoms. The highest BCUT2D eigenvalue weighted by Crippen LogP contribution is 2.15. The van der Waals surface area contributed by atoms with Gasteiger partial charge in [-0.25, -0.2) is 0 Å². The summed E-state index contributed by atoms with van der Waals surface area (Å²) in [7, 11) is 3.91. The van der Waals surface area contributed by atoms with Gasteiger partial charge in [0.1, 0.15) is 5.54 Å². The summed E-state index contributed by atoms with van der Waals surface area (Å²) in [5.41, 5.74) is -0.596. The number of likely N-dealkylation sites (N-methyl/N-ethyl adjacent to an activating group) is 1. The summed E-state index contributed by atoms with van der Waals surface area (Å²) >= 11 is 0. The van der Waals surface area contributed by atoms with Crippen LogP contribution in [0.25, 0.3) is 0 Å². The zero-order valence-electron chi connectivity index (χ0n) is 13.0. The van der Waals surface area contributed by atoms with Crippen LogP contribution in [0.5, 0.6) is 0 Å². The number of hydrogen-bond acceptors (Lipinski definition) is 4. The first kappa shape index (κ1) is 17.4. The average Bonchev–Trinajstić information content (AvgIpc) is 2.34. The van der Waals surface area contributed by atoms with Crippen molar-refractivity contribution < 1.29 is 9.53 Å². The summed E-state index contributed by atoms with van der Waals surface area (Å²) in [6.07, 6.45) is 0.746. The normalized spacial score (nSPS) is 16.7. The number of esters is 1. The summed E-state index contributed by atoms with van der Waals surface area (Å²) in [4.78, 5) is 14.2. The lowest BCUT2D eigenvalue weighted by molar-refractivity contribution is -0.150. The van der Waals surface area contributed by atoms with Crippen LogP contribution in [-0.4, -0.2) is 49.7 Å². The Hall–Kier alpha value is -0.610. The second-order valence-corrected chi connectivity index (χ2v) is 5.52. The summed E-state index contributed by atoms with van der Waals surface area (Å²) in [5, 5.41) is 3.09. The number of nitrogens with one attached hydrogen (secondary N) is 1. The summed E-state index contributed by atoms with van der Waals surface area (Å²) in [5.74, 6) is 0.441. The highest BCUT2D eigenvalue weighted by molar-refractivity contribution is 5.80. The lowest BCUT2D eigenvalue weighted by atomic mass is 9.96. The summed E-state index contributed by atoms with van der Waals surface area (Å²) < 4.78 is 5.12. The van der Waals surface area contributed by atoms with Crippen LogP contribution >= 0.6 is 0 Å². The van der Waals surface area contributed by atoms with Gasteiger partial charge in [-0.1, -0.05) is 13.8 Å². The Bertz CT molecular complexity index is 256. The minimum absolute atomic E-state index is 0.168. The van der Waals surface area contributed by atoms with Gasteiger partial charge >= 0.3 is 5.97 Å². The Balaban J connectivity index is 4.42. The third-order valence-electron chi connectivity index (χ3n) is 3.90. The maximum absolute atomic E-state index is 11.9. The van der Waals surface area contributed by atoms with Crippen molar-refractivity contribution in [2.75, 3.05) is 27.2 Å². The van der Waals surface area contributed by atoms with Crippen LogP contribution in [0.2, 0.25) is 0 Å². The summed E-state index contributed by atoms with van der Waals surface area (Å²) in [6.45, 7) is 11.7. The molecule has 18 heavy (non-hydrogen) atoms. The van der Waals surface area contributed by atoms with Crippen molar-refractivity contribution in [3.8, 4) is 0 Å². The van der Waals surface area contributed by atoms with Gasteiger partial charge in [-0.3, -0.25) is 4.79 Å². The molecule has 0 saturated heterocycles. The molecule has 0 aliphatic heterocycles. The molecule has 2 atom stereocenters. The quantitative estimate of drug-likeness (QED) is 0.675. The molecule has 0 aliphatic rings.